The van der Waals surface area contributed by atoms with E-state index in [1.807, 2.05) is 4.90 Å². The first-order chi connectivity index (χ1) is 10.0. The lowest BCUT2D eigenvalue weighted by Crippen LogP contribution is -2.44. The topological polar surface area (TPSA) is 95.9 Å². The number of nitrogens with one attached hydrogen (secondary N) is 1. The number of amides is 1. The number of piperidine rings is 1. The molecule has 2 N–H and O–H groups in total. The van der Waals surface area contributed by atoms with Gasteiger partial charge in [0.15, 0.2) is 0 Å². The molecule has 1 rings (SSSR count). The molecule has 0 aliphatic carbocycles. The van der Waals surface area contributed by atoms with E-state index in [9.17, 15) is 14.4 Å². The molecule has 1 atom stereocenters. The number of rotatable bonds is 8. The summed E-state index contributed by atoms with van der Waals surface area (Å²) in [6.07, 6.45) is 2.15. The second-order valence-electron chi connectivity index (χ2n) is 5.17. The van der Waals surface area contributed by atoms with Crippen molar-refractivity contribution in [3.63, 3.8) is 0 Å². The SMILES string of the molecule is CCOC(=O)[C@H]1CCCN(CC(=O)NCCCC(=O)O)C1. The van der Waals surface area contributed by atoms with Gasteiger partial charge in [0.1, 0.15) is 0 Å². The maximum Gasteiger partial charge on any atom is 0.310 e. The van der Waals surface area contributed by atoms with Gasteiger partial charge in [0, 0.05) is 19.5 Å². The second kappa shape index (κ2) is 9.33. The van der Waals surface area contributed by atoms with Crippen LogP contribution in [0.1, 0.15) is 32.6 Å². The monoisotopic (exact) mass is 300 g/mol. The summed E-state index contributed by atoms with van der Waals surface area (Å²) < 4.78 is 5.01. The van der Waals surface area contributed by atoms with Gasteiger partial charge in [-0.3, -0.25) is 19.3 Å². The molecule has 1 aliphatic rings. The molecule has 7 heteroatoms. The van der Waals surface area contributed by atoms with Gasteiger partial charge in [-0.1, -0.05) is 0 Å². The van der Waals surface area contributed by atoms with Crippen LogP contribution in [0.4, 0.5) is 0 Å². The van der Waals surface area contributed by atoms with Crippen molar-refractivity contribution < 1.29 is 24.2 Å². The number of carbonyl (C=O) groups excluding carboxylic acids is 2. The molecule has 0 aromatic carbocycles. The number of carbonyl (C=O) groups is 3. The molecule has 1 fully saturated rings. The van der Waals surface area contributed by atoms with Gasteiger partial charge in [-0.05, 0) is 32.7 Å². The van der Waals surface area contributed by atoms with Crippen molar-refractivity contribution in [1.29, 1.82) is 0 Å². The van der Waals surface area contributed by atoms with Gasteiger partial charge >= 0.3 is 11.9 Å². The van der Waals surface area contributed by atoms with E-state index >= 15 is 0 Å². The van der Waals surface area contributed by atoms with E-state index < -0.39 is 5.97 Å². The van der Waals surface area contributed by atoms with Crippen molar-refractivity contribution in [2.45, 2.75) is 32.6 Å². The number of esters is 1. The molecule has 120 valence electrons. The van der Waals surface area contributed by atoms with Crippen molar-refractivity contribution in [2.75, 3.05) is 32.8 Å². The van der Waals surface area contributed by atoms with E-state index in [0.29, 0.717) is 26.1 Å². The Bertz CT molecular complexity index is 372. The van der Waals surface area contributed by atoms with Gasteiger partial charge in [0.2, 0.25) is 5.91 Å². The number of aliphatic carboxylic acids is 1. The largest absolute Gasteiger partial charge is 0.481 e. The zero-order valence-electron chi connectivity index (χ0n) is 12.5. The summed E-state index contributed by atoms with van der Waals surface area (Å²) in [4.78, 5) is 35.7. The van der Waals surface area contributed by atoms with E-state index in [4.69, 9.17) is 9.84 Å². The summed E-state index contributed by atoms with van der Waals surface area (Å²) in [7, 11) is 0. The Hall–Kier alpha value is -1.63. The van der Waals surface area contributed by atoms with Gasteiger partial charge in [0.25, 0.3) is 0 Å². The van der Waals surface area contributed by atoms with Gasteiger partial charge < -0.3 is 15.2 Å². The lowest BCUT2D eigenvalue weighted by atomic mass is 9.98. The predicted molar refractivity (Wildman–Crippen MR) is 75.7 cm³/mol. The zero-order valence-corrected chi connectivity index (χ0v) is 12.5. The molecule has 1 amide bonds. The van der Waals surface area contributed by atoms with Crippen LogP contribution >= 0.6 is 0 Å². The smallest absolute Gasteiger partial charge is 0.310 e. The number of hydrogen-bond donors (Lipinski definition) is 2. The maximum absolute atomic E-state index is 11.7. The number of ether oxygens (including phenoxy) is 1. The van der Waals surface area contributed by atoms with Gasteiger partial charge in [0.05, 0.1) is 19.1 Å². The van der Waals surface area contributed by atoms with Crippen LogP contribution in [0.15, 0.2) is 0 Å². The zero-order chi connectivity index (χ0) is 15.7. The minimum Gasteiger partial charge on any atom is -0.481 e. The fourth-order valence-electron chi connectivity index (χ4n) is 2.38. The van der Waals surface area contributed by atoms with Crippen LogP contribution in [0.3, 0.4) is 0 Å². The van der Waals surface area contributed by atoms with Gasteiger partial charge in [-0.15, -0.1) is 0 Å². The molecule has 1 saturated heterocycles. The average molecular weight is 300 g/mol. The van der Waals surface area contributed by atoms with Crippen molar-refractivity contribution in [2.24, 2.45) is 5.92 Å². The van der Waals surface area contributed by atoms with Crippen LogP contribution in [0.5, 0.6) is 0 Å². The molecule has 1 aliphatic heterocycles. The fraction of sp³-hybridized carbons (Fsp3) is 0.786. The molecule has 0 radical (unpaired) electrons. The summed E-state index contributed by atoms with van der Waals surface area (Å²) in [6.45, 7) is 4.09. The lowest BCUT2D eigenvalue weighted by molar-refractivity contribution is -0.150. The minimum atomic E-state index is -0.863. The summed E-state index contributed by atoms with van der Waals surface area (Å²) in [5, 5.41) is 11.2. The lowest BCUT2D eigenvalue weighted by Gasteiger charge is -2.30. The molecule has 0 aromatic heterocycles. The first-order valence-electron chi connectivity index (χ1n) is 7.40. The molecule has 0 aromatic rings. The molecule has 7 nitrogen and oxygen atoms in total. The highest BCUT2D eigenvalue weighted by atomic mass is 16.5. The molecular weight excluding hydrogens is 276 g/mol. The van der Waals surface area contributed by atoms with Crippen LogP contribution in [-0.2, 0) is 19.1 Å². The maximum atomic E-state index is 11.7. The quantitative estimate of drug-likeness (QED) is 0.492. The number of carboxylic acids is 1. The third kappa shape index (κ3) is 7.08. The normalized spacial score (nSPS) is 19.0. The Kier molecular flexibility index (Phi) is 7.74. The molecule has 0 spiro atoms. The average Bonchev–Trinajstić information content (AvgIpc) is 2.44. The van der Waals surface area contributed by atoms with Crippen LogP contribution in [0, 0.1) is 5.92 Å². The number of likely N-dealkylation sites (tertiary alicyclic amines) is 1. The third-order valence-corrected chi connectivity index (χ3v) is 3.38. The van der Waals surface area contributed by atoms with E-state index in [0.717, 1.165) is 19.4 Å². The molecule has 1 heterocycles. The van der Waals surface area contributed by atoms with Crippen molar-refractivity contribution in [3.8, 4) is 0 Å². The number of hydrogen-bond acceptors (Lipinski definition) is 5. The number of nitrogens with zero attached hydrogens (tertiary/aromatic N) is 1. The Labute approximate surface area is 124 Å². The van der Waals surface area contributed by atoms with Crippen LogP contribution < -0.4 is 5.32 Å². The summed E-state index contributed by atoms with van der Waals surface area (Å²) in [5.74, 6) is -1.34. The Morgan fingerprint density at radius 1 is 1.38 bits per heavy atom. The van der Waals surface area contributed by atoms with Gasteiger partial charge in [-0.25, -0.2) is 0 Å². The van der Waals surface area contributed by atoms with E-state index in [1.54, 1.807) is 6.92 Å². The van der Waals surface area contributed by atoms with Crippen molar-refractivity contribution >= 4 is 17.8 Å². The number of carboxylic acid groups (broad SMARTS) is 1. The highest BCUT2D eigenvalue weighted by molar-refractivity contribution is 5.78. The Morgan fingerprint density at radius 3 is 2.81 bits per heavy atom. The first kappa shape index (κ1) is 17.4. The second-order valence-corrected chi connectivity index (χ2v) is 5.17. The van der Waals surface area contributed by atoms with Gasteiger partial charge in [-0.2, -0.15) is 0 Å². The molecule has 21 heavy (non-hydrogen) atoms. The fourth-order valence-corrected chi connectivity index (χ4v) is 2.38. The first-order valence-corrected chi connectivity index (χ1v) is 7.40. The van der Waals surface area contributed by atoms with E-state index in [-0.39, 0.29) is 30.8 Å². The molecular formula is C14H24N2O5. The predicted octanol–water partition coefficient (Wildman–Crippen LogP) is 0.243. The Morgan fingerprint density at radius 2 is 2.14 bits per heavy atom. The summed E-state index contributed by atoms with van der Waals surface area (Å²) >= 11 is 0. The van der Waals surface area contributed by atoms with Crippen molar-refractivity contribution in [1.82, 2.24) is 10.2 Å². The van der Waals surface area contributed by atoms with Crippen LogP contribution in [0.2, 0.25) is 0 Å². The van der Waals surface area contributed by atoms with E-state index in [1.165, 1.54) is 0 Å². The minimum absolute atomic E-state index is 0.0505. The van der Waals surface area contributed by atoms with Crippen LogP contribution in [0.25, 0.3) is 0 Å². The Balaban J connectivity index is 2.25. The highest BCUT2D eigenvalue weighted by Crippen LogP contribution is 2.17. The third-order valence-electron chi connectivity index (χ3n) is 3.38. The molecule has 0 bridgehead atoms. The molecule has 0 unspecified atom stereocenters. The van der Waals surface area contributed by atoms with E-state index in [2.05, 4.69) is 5.32 Å². The summed E-state index contributed by atoms with van der Waals surface area (Å²) in [5.41, 5.74) is 0. The van der Waals surface area contributed by atoms with Crippen LogP contribution in [-0.4, -0.2) is 60.6 Å². The summed E-state index contributed by atoms with van der Waals surface area (Å²) in [6, 6.07) is 0. The standard InChI is InChI=1S/C14H24N2O5/c1-2-21-14(20)11-5-4-8-16(9-11)10-12(17)15-7-3-6-13(18)19/h11H,2-10H2,1H3,(H,15,17)(H,18,19)/t11-/m0/s1. The molecule has 0 saturated carbocycles. The highest BCUT2D eigenvalue weighted by Gasteiger charge is 2.27. The van der Waals surface area contributed by atoms with Crippen molar-refractivity contribution in [3.05, 3.63) is 0 Å².